The second-order valence-corrected chi connectivity index (χ2v) is 25.8. The lowest BCUT2D eigenvalue weighted by atomic mass is 9.78. The molecular formula is C39H59NO3Si2. The van der Waals surface area contributed by atoms with E-state index in [1.165, 1.54) is 11.1 Å². The van der Waals surface area contributed by atoms with Gasteiger partial charge in [-0.15, -0.1) is 5.54 Å². The van der Waals surface area contributed by atoms with Gasteiger partial charge in [0.2, 0.25) is 5.91 Å². The lowest BCUT2D eigenvalue weighted by Crippen LogP contribution is -2.46. The molecule has 0 atom stereocenters. The molecule has 2 aliphatic rings. The van der Waals surface area contributed by atoms with E-state index in [1.54, 1.807) is 7.11 Å². The van der Waals surface area contributed by atoms with Crippen molar-refractivity contribution in [3.8, 4) is 17.2 Å². The Hall–Kier alpha value is -2.34. The fourth-order valence-electron chi connectivity index (χ4n) is 6.67. The van der Waals surface area contributed by atoms with Crippen molar-refractivity contribution in [1.29, 1.82) is 0 Å². The Bertz CT molecular complexity index is 1360. The van der Waals surface area contributed by atoms with Crippen LogP contribution in [0.4, 0.5) is 5.69 Å². The van der Waals surface area contributed by atoms with Crippen molar-refractivity contribution in [2.45, 2.75) is 129 Å². The normalized spacial score (nSPS) is 22.7. The highest BCUT2D eigenvalue weighted by Crippen LogP contribution is 2.41. The van der Waals surface area contributed by atoms with E-state index >= 15 is 0 Å². The standard InChI is InChI=1S/C39H59NO3Si2/c1-29-26-34(20-23-37(29)42-5)32-16-14-31(15-17-32)28-40(35-13-11-12-30(27-35)24-25-44(6,7)8)38(41)33-18-21-36(22-19-33)43-45(9,10)39(2,3)4/h11-13,20,23,26-27,31-33,36H,14-19,21-22,28H2,1-10H3/t31-,32-,33-,36-. The summed E-state index contributed by atoms with van der Waals surface area (Å²) in [6.45, 7) is 21.3. The van der Waals surface area contributed by atoms with Gasteiger partial charge in [0.1, 0.15) is 13.8 Å². The maximum absolute atomic E-state index is 14.4. The Balaban J connectivity index is 1.48. The van der Waals surface area contributed by atoms with Gasteiger partial charge in [-0.2, -0.15) is 0 Å². The molecular weight excluding hydrogens is 587 g/mol. The van der Waals surface area contributed by atoms with Crippen molar-refractivity contribution in [1.82, 2.24) is 0 Å². The molecule has 4 nitrogen and oxygen atoms in total. The summed E-state index contributed by atoms with van der Waals surface area (Å²) in [6.07, 6.45) is 8.66. The number of ether oxygens (including phenoxy) is 1. The second kappa shape index (κ2) is 14.6. The highest BCUT2D eigenvalue weighted by Gasteiger charge is 2.41. The van der Waals surface area contributed by atoms with E-state index < -0.39 is 16.4 Å². The number of hydrogen-bond donors (Lipinski definition) is 0. The average molecular weight is 646 g/mol. The molecule has 0 aliphatic heterocycles. The van der Waals surface area contributed by atoms with Crippen LogP contribution < -0.4 is 9.64 Å². The molecule has 2 saturated carbocycles. The van der Waals surface area contributed by atoms with Crippen molar-refractivity contribution in [2.24, 2.45) is 11.8 Å². The van der Waals surface area contributed by atoms with E-state index in [0.29, 0.717) is 17.7 Å². The lowest BCUT2D eigenvalue weighted by molar-refractivity contribution is -0.124. The van der Waals surface area contributed by atoms with Crippen LogP contribution in [-0.2, 0) is 9.22 Å². The van der Waals surface area contributed by atoms with Gasteiger partial charge in [-0.3, -0.25) is 4.79 Å². The van der Waals surface area contributed by atoms with Crippen LogP contribution in [0.2, 0.25) is 37.8 Å². The zero-order valence-corrected chi connectivity index (χ0v) is 31.9. The minimum absolute atomic E-state index is 0.0552. The van der Waals surface area contributed by atoms with Gasteiger partial charge in [-0.1, -0.05) is 64.5 Å². The summed E-state index contributed by atoms with van der Waals surface area (Å²) in [6, 6.07) is 15.1. The van der Waals surface area contributed by atoms with Crippen molar-refractivity contribution >= 4 is 28.0 Å². The van der Waals surface area contributed by atoms with Crippen molar-refractivity contribution in [3.63, 3.8) is 0 Å². The Morgan fingerprint density at radius 3 is 2.16 bits per heavy atom. The molecule has 0 bridgehead atoms. The van der Waals surface area contributed by atoms with Gasteiger partial charge in [-0.25, -0.2) is 0 Å². The van der Waals surface area contributed by atoms with E-state index in [4.69, 9.17) is 9.16 Å². The number of amides is 1. The van der Waals surface area contributed by atoms with Gasteiger partial charge < -0.3 is 14.1 Å². The highest BCUT2D eigenvalue weighted by molar-refractivity contribution is 6.83. The van der Waals surface area contributed by atoms with Crippen LogP contribution in [0.25, 0.3) is 0 Å². The van der Waals surface area contributed by atoms with Crippen LogP contribution in [0.5, 0.6) is 5.75 Å². The number of carbonyl (C=O) groups is 1. The van der Waals surface area contributed by atoms with Gasteiger partial charge in [0.15, 0.2) is 8.32 Å². The van der Waals surface area contributed by atoms with Gasteiger partial charge in [0, 0.05) is 29.8 Å². The third kappa shape index (κ3) is 9.59. The molecule has 0 saturated heterocycles. The van der Waals surface area contributed by atoms with E-state index in [-0.39, 0.29) is 17.1 Å². The zero-order valence-electron chi connectivity index (χ0n) is 29.9. The van der Waals surface area contributed by atoms with E-state index in [0.717, 1.165) is 74.9 Å². The Labute approximate surface area is 276 Å². The maximum Gasteiger partial charge on any atom is 0.230 e. The summed E-state index contributed by atoms with van der Waals surface area (Å²) >= 11 is 0. The van der Waals surface area contributed by atoms with Crippen LogP contribution >= 0.6 is 0 Å². The van der Waals surface area contributed by atoms with Crippen LogP contribution in [0.15, 0.2) is 42.5 Å². The maximum atomic E-state index is 14.4. The molecule has 0 aromatic heterocycles. The molecule has 2 aromatic carbocycles. The minimum Gasteiger partial charge on any atom is -0.496 e. The molecule has 0 spiro atoms. The van der Waals surface area contributed by atoms with Crippen LogP contribution in [-0.4, -0.2) is 42.1 Å². The highest BCUT2D eigenvalue weighted by atomic mass is 28.4. The van der Waals surface area contributed by atoms with Gasteiger partial charge >= 0.3 is 0 Å². The zero-order chi connectivity index (χ0) is 33.0. The Morgan fingerprint density at radius 1 is 0.911 bits per heavy atom. The summed E-state index contributed by atoms with van der Waals surface area (Å²) in [4.78, 5) is 16.5. The fraction of sp³-hybridized carbons (Fsp3) is 0.615. The van der Waals surface area contributed by atoms with E-state index in [9.17, 15) is 4.79 Å². The largest absolute Gasteiger partial charge is 0.496 e. The summed E-state index contributed by atoms with van der Waals surface area (Å²) < 4.78 is 12.3. The van der Waals surface area contributed by atoms with Gasteiger partial charge in [0.05, 0.1) is 7.11 Å². The number of methoxy groups -OCH3 is 1. The van der Waals surface area contributed by atoms with Gasteiger partial charge in [-0.05, 0) is 124 Å². The monoisotopic (exact) mass is 645 g/mol. The first-order chi connectivity index (χ1) is 21.1. The summed E-state index contributed by atoms with van der Waals surface area (Å²) in [5, 5.41) is 0.199. The van der Waals surface area contributed by atoms with Crippen molar-refractivity contribution in [3.05, 3.63) is 59.2 Å². The van der Waals surface area contributed by atoms with Crippen LogP contribution in [0, 0.1) is 30.2 Å². The number of carbonyl (C=O) groups excluding carboxylic acids is 1. The fourth-order valence-corrected chi connectivity index (χ4v) is 8.61. The summed E-state index contributed by atoms with van der Waals surface area (Å²) in [7, 11) is -1.59. The van der Waals surface area contributed by atoms with E-state index in [1.807, 2.05) is 0 Å². The number of nitrogens with zero attached hydrogens (tertiary/aromatic N) is 1. The topological polar surface area (TPSA) is 38.8 Å². The predicted octanol–water partition coefficient (Wildman–Crippen LogP) is 10.1. The first kappa shape index (κ1) is 35.5. The molecule has 0 unspecified atom stereocenters. The molecule has 0 heterocycles. The van der Waals surface area contributed by atoms with Gasteiger partial charge in [0.25, 0.3) is 0 Å². The minimum atomic E-state index is -1.82. The summed E-state index contributed by atoms with van der Waals surface area (Å²) in [5.74, 6) is 5.81. The number of aryl methyl sites for hydroxylation is 1. The average Bonchev–Trinajstić information content (AvgIpc) is 2.98. The SMILES string of the molecule is COc1ccc([C@H]2CC[C@H](CN(c3cccc(C#C[Si](C)(C)C)c3)C(=O)[C@H]3CC[C@H](O[Si](C)(C)C(C)(C)C)CC3)CC2)cc1C. The molecule has 2 aromatic rings. The first-order valence-corrected chi connectivity index (χ1v) is 23.7. The quantitative estimate of drug-likeness (QED) is 0.212. The number of hydrogen-bond acceptors (Lipinski definition) is 3. The number of anilines is 1. The third-order valence-corrected chi connectivity index (χ3v) is 15.9. The second-order valence-electron chi connectivity index (χ2n) is 16.3. The van der Waals surface area contributed by atoms with Crippen molar-refractivity contribution in [2.75, 3.05) is 18.6 Å². The molecule has 1 amide bonds. The van der Waals surface area contributed by atoms with Crippen LogP contribution in [0.1, 0.15) is 94.7 Å². The van der Waals surface area contributed by atoms with Crippen molar-refractivity contribution < 1.29 is 14.0 Å². The molecule has 45 heavy (non-hydrogen) atoms. The third-order valence-electron chi connectivity index (χ3n) is 10.5. The Kier molecular flexibility index (Phi) is 11.5. The lowest BCUT2D eigenvalue weighted by Gasteiger charge is -2.41. The smallest absolute Gasteiger partial charge is 0.230 e. The van der Waals surface area contributed by atoms with Crippen LogP contribution in [0.3, 0.4) is 0 Å². The summed E-state index contributed by atoms with van der Waals surface area (Å²) in [5.41, 5.74) is 8.16. The Morgan fingerprint density at radius 2 is 1.58 bits per heavy atom. The molecule has 2 fully saturated rings. The predicted molar refractivity (Wildman–Crippen MR) is 195 cm³/mol. The molecule has 6 heteroatoms. The molecule has 246 valence electrons. The molecule has 0 N–H and O–H groups in total. The number of benzene rings is 2. The number of rotatable bonds is 8. The molecule has 2 aliphatic carbocycles. The molecule has 0 radical (unpaired) electrons. The van der Waals surface area contributed by atoms with E-state index in [2.05, 4.69) is 119 Å². The molecule has 4 rings (SSSR count). The first-order valence-electron chi connectivity index (χ1n) is 17.3.